The summed E-state index contributed by atoms with van der Waals surface area (Å²) in [5, 5.41) is 0. The van der Waals surface area contributed by atoms with Crippen molar-refractivity contribution in [3.63, 3.8) is 0 Å². The van der Waals surface area contributed by atoms with Crippen molar-refractivity contribution in [2.75, 3.05) is 19.6 Å². The van der Waals surface area contributed by atoms with Crippen LogP contribution < -0.4 is 5.73 Å². The standard InChI is InChI=1S/C14H25N3O3/c1-14(2,3)20-13(19)17(10-4-5-10)11-6-7-16(9-11)12(18)8-15/h10-11H,4-9,15H2,1-3H3/t11-/m1/s1. The molecule has 0 bridgehead atoms. The number of likely N-dealkylation sites (tertiary alicyclic amines) is 1. The van der Waals surface area contributed by atoms with Gasteiger partial charge in [0.25, 0.3) is 0 Å². The number of rotatable bonds is 3. The van der Waals surface area contributed by atoms with E-state index in [0.717, 1.165) is 19.3 Å². The summed E-state index contributed by atoms with van der Waals surface area (Å²) in [4.78, 5) is 27.6. The molecule has 2 aliphatic rings. The lowest BCUT2D eigenvalue weighted by Gasteiger charge is -2.31. The van der Waals surface area contributed by atoms with Crippen LogP contribution in [0.15, 0.2) is 0 Å². The predicted octanol–water partition coefficient (Wildman–Crippen LogP) is 0.946. The Morgan fingerprint density at radius 3 is 2.40 bits per heavy atom. The van der Waals surface area contributed by atoms with Crippen LogP contribution in [-0.4, -0.2) is 59.1 Å². The number of nitrogens with two attached hydrogens (primary N) is 1. The van der Waals surface area contributed by atoms with Gasteiger partial charge >= 0.3 is 6.09 Å². The monoisotopic (exact) mass is 283 g/mol. The van der Waals surface area contributed by atoms with Crippen molar-refractivity contribution in [1.82, 2.24) is 9.80 Å². The number of ether oxygens (including phenoxy) is 1. The lowest BCUT2D eigenvalue weighted by Crippen LogP contribution is -2.46. The lowest BCUT2D eigenvalue weighted by atomic mass is 10.2. The van der Waals surface area contributed by atoms with Crippen LogP contribution in [0.4, 0.5) is 4.79 Å². The Morgan fingerprint density at radius 1 is 1.25 bits per heavy atom. The van der Waals surface area contributed by atoms with Crippen molar-refractivity contribution in [3.8, 4) is 0 Å². The van der Waals surface area contributed by atoms with E-state index in [1.807, 2.05) is 25.7 Å². The summed E-state index contributed by atoms with van der Waals surface area (Å²) in [5.74, 6) is -0.0487. The van der Waals surface area contributed by atoms with E-state index in [1.54, 1.807) is 4.90 Å². The highest BCUT2D eigenvalue weighted by molar-refractivity contribution is 5.78. The maximum atomic E-state index is 12.3. The van der Waals surface area contributed by atoms with E-state index in [2.05, 4.69) is 0 Å². The average molecular weight is 283 g/mol. The lowest BCUT2D eigenvalue weighted by molar-refractivity contribution is -0.128. The minimum atomic E-state index is -0.490. The third-order valence-electron chi connectivity index (χ3n) is 3.63. The summed E-state index contributed by atoms with van der Waals surface area (Å²) < 4.78 is 5.49. The Labute approximate surface area is 120 Å². The fraction of sp³-hybridized carbons (Fsp3) is 0.857. The smallest absolute Gasteiger partial charge is 0.410 e. The molecule has 114 valence electrons. The topological polar surface area (TPSA) is 75.9 Å². The van der Waals surface area contributed by atoms with E-state index < -0.39 is 5.60 Å². The second-order valence-electron chi connectivity index (χ2n) is 6.61. The SMILES string of the molecule is CC(C)(C)OC(=O)N(C1CC1)[C@@H]1CCN(C(=O)CN)C1. The second-order valence-corrected chi connectivity index (χ2v) is 6.61. The number of carbonyl (C=O) groups excluding carboxylic acids is 2. The summed E-state index contributed by atoms with van der Waals surface area (Å²) in [5.41, 5.74) is 4.90. The van der Waals surface area contributed by atoms with Gasteiger partial charge in [-0.3, -0.25) is 4.79 Å². The quantitative estimate of drug-likeness (QED) is 0.836. The van der Waals surface area contributed by atoms with Crippen LogP contribution in [-0.2, 0) is 9.53 Å². The highest BCUT2D eigenvalue weighted by Crippen LogP contribution is 2.32. The van der Waals surface area contributed by atoms with Gasteiger partial charge in [-0.1, -0.05) is 0 Å². The molecule has 2 fully saturated rings. The van der Waals surface area contributed by atoms with Crippen LogP contribution in [0, 0.1) is 0 Å². The van der Waals surface area contributed by atoms with Crippen molar-refractivity contribution < 1.29 is 14.3 Å². The molecular weight excluding hydrogens is 258 g/mol. The molecule has 1 saturated heterocycles. The molecule has 0 aromatic heterocycles. The molecule has 1 aliphatic heterocycles. The first-order chi connectivity index (χ1) is 9.31. The summed E-state index contributed by atoms with van der Waals surface area (Å²) in [7, 11) is 0. The number of amides is 2. The van der Waals surface area contributed by atoms with Gasteiger partial charge in [-0.05, 0) is 40.0 Å². The normalized spacial score (nSPS) is 22.8. The summed E-state index contributed by atoms with van der Waals surface area (Å²) >= 11 is 0. The maximum Gasteiger partial charge on any atom is 0.410 e. The molecule has 6 heteroatoms. The molecule has 0 radical (unpaired) electrons. The minimum absolute atomic E-state index is 0.0303. The molecule has 0 aromatic carbocycles. The Balaban J connectivity index is 2.00. The van der Waals surface area contributed by atoms with Gasteiger partial charge in [-0.25, -0.2) is 4.79 Å². The molecule has 0 spiro atoms. The largest absolute Gasteiger partial charge is 0.444 e. The Kier molecular flexibility index (Phi) is 4.22. The third-order valence-corrected chi connectivity index (χ3v) is 3.63. The molecule has 2 N–H and O–H groups in total. The predicted molar refractivity (Wildman–Crippen MR) is 75.1 cm³/mol. The van der Waals surface area contributed by atoms with Gasteiger partial charge in [0, 0.05) is 19.1 Å². The molecule has 1 heterocycles. The van der Waals surface area contributed by atoms with Crippen LogP contribution >= 0.6 is 0 Å². The summed E-state index contributed by atoms with van der Waals surface area (Å²) in [6.07, 6.45) is 2.61. The first-order valence-electron chi connectivity index (χ1n) is 7.31. The van der Waals surface area contributed by atoms with E-state index in [4.69, 9.17) is 10.5 Å². The molecule has 2 rings (SSSR count). The van der Waals surface area contributed by atoms with Crippen molar-refractivity contribution in [2.45, 2.75) is 57.7 Å². The molecule has 0 unspecified atom stereocenters. The first kappa shape index (κ1) is 15.1. The van der Waals surface area contributed by atoms with Crippen LogP contribution in [0.2, 0.25) is 0 Å². The molecule has 2 amide bonds. The molecule has 1 saturated carbocycles. The van der Waals surface area contributed by atoms with E-state index in [-0.39, 0.29) is 30.6 Å². The molecule has 1 aliphatic carbocycles. The average Bonchev–Trinajstić information content (AvgIpc) is 3.03. The van der Waals surface area contributed by atoms with Gasteiger partial charge in [0.2, 0.25) is 5.91 Å². The number of nitrogens with zero attached hydrogens (tertiary/aromatic N) is 2. The van der Waals surface area contributed by atoms with Gasteiger partial charge in [0.1, 0.15) is 5.60 Å². The van der Waals surface area contributed by atoms with Gasteiger partial charge in [-0.2, -0.15) is 0 Å². The summed E-state index contributed by atoms with van der Waals surface area (Å²) in [6, 6.07) is 0.343. The number of hydrogen-bond donors (Lipinski definition) is 1. The van der Waals surface area contributed by atoms with Crippen molar-refractivity contribution in [1.29, 1.82) is 0 Å². The number of carbonyl (C=O) groups is 2. The zero-order valence-electron chi connectivity index (χ0n) is 12.6. The van der Waals surface area contributed by atoms with Crippen LogP contribution in [0.5, 0.6) is 0 Å². The van der Waals surface area contributed by atoms with E-state index in [1.165, 1.54) is 0 Å². The van der Waals surface area contributed by atoms with E-state index >= 15 is 0 Å². The first-order valence-corrected chi connectivity index (χ1v) is 7.31. The van der Waals surface area contributed by atoms with E-state index in [0.29, 0.717) is 13.1 Å². The van der Waals surface area contributed by atoms with Crippen LogP contribution in [0.25, 0.3) is 0 Å². The Morgan fingerprint density at radius 2 is 1.90 bits per heavy atom. The fourth-order valence-electron chi connectivity index (χ4n) is 2.59. The van der Waals surface area contributed by atoms with Crippen molar-refractivity contribution in [3.05, 3.63) is 0 Å². The van der Waals surface area contributed by atoms with Crippen molar-refractivity contribution >= 4 is 12.0 Å². The molecule has 20 heavy (non-hydrogen) atoms. The molecular formula is C14H25N3O3. The van der Waals surface area contributed by atoms with Crippen LogP contribution in [0.1, 0.15) is 40.0 Å². The van der Waals surface area contributed by atoms with E-state index in [9.17, 15) is 9.59 Å². The number of hydrogen-bond acceptors (Lipinski definition) is 4. The molecule has 1 atom stereocenters. The van der Waals surface area contributed by atoms with Gasteiger partial charge < -0.3 is 20.3 Å². The van der Waals surface area contributed by atoms with Gasteiger partial charge in [0.15, 0.2) is 0 Å². The maximum absolute atomic E-state index is 12.3. The van der Waals surface area contributed by atoms with Crippen LogP contribution in [0.3, 0.4) is 0 Å². The Bertz CT molecular complexity index is 388. The van der Waals surface area contributed by atoms with Gasteiger partial charge in [-0.15, -0.1) is 0 Å². The van der Waals surface area contributed by atoms with Crippen molar-refractivity contribution in [2.24, 2.45) is 5.73 Å². The minimum Gasteiger partial charge on any atom is -0.444 e. The third kappa shape index (κ3) is 3.62. The zero-order chi connectivity index (χ0) is 14.9. The van der Waals surface area contributed by atoms with Gasteiger partial charge in [0.05, 0.1) is 12.6 Å². The zero-order valence-corrected chi connectivity index (χ0v) is 12.6. The molecule has 6 nitrogen and oxygen atoms in total. The highest BCUT2D eigenvalue weighted by atomic mass is 16.6. The highest BCUT2D eigenvalue weighted by Gasteiger charge is 2.42. The second kappa shape index (κ2) is 5.60. The Hall–Kier alpha value is -1.30. The fourth-order valence-corrected chi connectivity index (χ4v) is 2.59. The summed E-state index contributed by atoms with van der Waals surface area (Å²) in [6.45, 7) is 6.89. The molecule has 0 aromatic rings.